The highest BCUT2D eigenvalue weighted by molar-refractivity contribution is 7.15. The summed E-state index contributed by atoms with van der Waals surface area (Å²) in [5.74, 6) is -0.192. The fourth-order valence-corrected chi connectivity index (χ4v) is 3.90. The highest BCUT2D eigenvalue weighted by atomic mass is 32.1. The lowest BCUT2D eigenvalue weighted by molar-refractivity contribution is 0.0411. The van der Waals surface area contributed by atoms with Crippen molar-refractivity contribution >= 4 is 17.2 Å². The molecule has 128 valence electrons. The number of ether oxygens (including phenoxy) is 1. The zero-order valence-corrected chi connectivity index (χ0v) is 14.7. The minimum Gasteiger partial charge on any atom is -0.371 e. The maximum absolute atomic E-state index is 12.4. The minimum absolute atomic E-state index is 0.104. The van der Waals surface area contributed by atoms with Crippen LogP contribution in [0, 0.1) is 6.92 Å². The third-order valence-electron chi connectivity index (χ3n) is 4.36. The molecule has 1 aliphatic heterocycles. The molecule has 1 atom stereocenters. The van der Waals surface area contributed by atoms with E-state index in [0.29, 0.717) is 18.8 Å². The van der Waals surface area contributed by atoms with Gasteiger partial charge in [-0.1, -0.05) is 24.3 Å². The van der Waals surface area contributed by atoms with E-state index in [0.717, 1.165) is 22.6 Å². The molecule has 1 aromatic carbocycles. The normalized spacial score (nSPS) is 16.4. The Bertz CT molecular complexity index is 899. The van der Waals surface area contributed by atoms with Crippen LogP contribution in [-0.2, 0) is 11.2 Å². The Labute approximate surface area is 150 Å². The summed E-state index contributed by atoms with van der Waals surface area (Å²) in [6.07, 6.45) is 0.816. The first-order chi connectivity index (χ1) is 12.2. The maximum Gasteiger partial charge on any atom is 0.271 e. The molecule has 2 aromatic heterocycles. The van der Waals surface area contributed by atoms with Crippen molar-refractivity contribution in [2.45, 2.75) is 19.4 Å². The van der Waals surface area contributed by atoms with Crippen molar-refractivity contribution in [1.82, 2.24) is 15.5 Å². The van der Waals surface area contributed by atoms with Gasteiger partial charge < -0.3 is 10.1 Å². The summed E-state index contributed by atoms with van der Waals surface area (Å²) in [4.78, 5) is 14.7. The second-order valence-electron chi connectivity index (χ2n) is 6.10. The molecule has 25 heavy (non-hydrogen) atoms. The number of carbonyl (C=O) groups is 1. The molecular formula is C19H19N3O2S. The SMILES string of the molecule is Cc1ccc(-c2cc(C(=O)NC[C@@H]3OCCc4ccccc43)n[nH]2)s1. The molecule has 0 spiro atoms. The highest BCUT2D eigenvalue weighted by Crippen LogP contribution is 2.27. The van der Waals surface area contributed by atoms with Crippen LogP contribution in [0.2, 0.25) is 0 Å². The van der Waals surface area contributed by atoms with Gasteiger partial charge in [0.2, 0.25) is 0 Å². The molecule has 3 heterocycles. The molecule has 0 bridgehead atoms. The van der Waals surface area contributed by atoms with Crippen molar-refractivity contribution in [3.63, 3.8) is 0 Å². The molecule has 1 amide bonds. The van der Waals surface area contributed by atoms with Crippen molar-refractivity contribution in [3.05, 3.63) is 64.2 Å². The van der Waals surface area contributed by atoms with Gasteiger partial charge in [-0.3, -0.25) is 9.89 Å². The number of thiophene rings is 1. The molecule has 1 aliphatic rings. The van der Waals surface area contributed by atoms with E-state index in [1.54, 1.807) is 17.4 Å². The number of carbonyl (C=O) groups excluding carboxylic acids is 1. The Hall–Kier alpha value is -2.44. The number of aromatic amines is 1. The predicted molar refractivity (Wildman–Crippen MR) is 97.8 cm³/mol. The number of rotatable bonds is 4. The molecule has 5 nitrogen and oxygen atoms in total. The van der Waals surface area contributed by atoms with Gasteiger partial charge in [0.05, 0.1) is 17.2 Å². The van der Waals surface area contributed by atoms with Crippen LogP contribution in [-0.4, -0.2) is 29.3 Å². The Balaban J connectivity index is 1.43. The van der Waals surface area contributed by atoms with Gasteiger partial charge in [0, 0.05) is 11.4 Å². The van der Waals surface area contributed by atoms with Crippen LogP contribution in [0.25, 0.3) is 10.6 Å². The maximum atomic E-state index is 12.4. The fourth-order valence-electron chi connectivity index (χ4n) is 3.07. The van der Waals surface area contributed by atoms with Gasteiger partial charge >= 0.3 is 0 Å². The number of nitrogens with zero attached hydrogens (tertiary/aromatic N) is 1. The van der Waals surface area contributed by atoms with E-state index in [1.165, 1.54) is 10.4 Å². The number of aromatic nitrogens is 2. The van der Waals surface area contributed by atoms with Crippen molar-refractivity contribution in [2.24, 2.45) is 0 Å². The smallest absolute Gasteiger partial charge is 0.271 e. The number of fused-ring (bicyclic) bond motifs is 1. The minimum atomic E-state index is -0.192. The zero-order valence-electron chi connectivity index (χ0n) is 13.9. The lowest BCUT2D eigenvalue weighted by Gasteiger charge is -2.26. The number of aryl methyl sites for hydroxylation is 1. The fraction of sp³-hybridized carbons (Fsp3) is 0.263. The molecule has 0 radical (unpaired) electrons. The molecule has 0 aliphatic carbocycles. The van der Waals surface area contributed by atoms with Crippen LogP contribution in [0.4, 0.5) is 0 Å². The van der Waals surface area contributed by atoms with Crippen LogP contribution in [0.1, 0.15) is 32.6 Å². The molecule has 0 saturated heterocycles. The molecule has 0 unspecified atom stereocenters. The summed E-state index contributed by atoms with van der Waals surface area (Å²) < 4.78 is 5.83. The second kappa shape index (κ2) is 6.82. The lowest BCUT2D eigenvalue weighted by Crippen LogP contribution is -2.32. The van der Waals surface area contributed by atoms with Gasteiger partial charge in [-0.05, 0) is 42.7 Å². The Morgan fingerprint density at radius 2 is 2.24 bits per heavy atom. The largest absolute Gasteiger partial charge is 0.371 e. The summed E-state index contributed by atoms with van der Waals surface area (Å²) in [7, 11) is 0. The topological polar surface area (TPSA) is 67.0 Å². The van der Waals surface area contributed by atoms with E-state index in [9.17, 15) is 4.79 Å². The van der Waals surface area contributed by atoms with Crippen LogP contribution < -0.4 is 5.32 Å². The van der Waals surface area contributed by atoms with Crippen molar-refractivity contribution in [1.29, 1.82) is 0 Å². The van der Waals surface area contributed by atoms with Crippen molar-refractivity contribution < 1.29 is 9.53 Å². The van der Waals surface area contributed by atoms with Gasteiger partial charge in [-0.15, -0.1) is 11.3 Å². The molecule has 2 N–H and O–H groups in total. The molecule has 4 rings (SSSR count). The first-order valence-electron chi connectivity index (χ1n) is 8.30. The Morgan fingerprint density at radius 3 is 3.08 bits per heavy atom. The first-order valence-corrected chi connectivity index (χ1v) is 9.12. The number of benzene rings is 1. The third kappa shape index (κ3) is 3.36. The molecule has 6 heteroatoms. The average molecular weight is 353 g/mol. The lowest BCUT2D eigenvalue weighted by atomic mass is 9.97. The van der Waals surface area contributed by atoms with Gasteiger partial charge in [-0.2, -0.15) is 5.10 Å². The summed E-state index contributed by atoms with van der Waals surface area (Å²) in [6.45, 7) is 3.18. The monoisotopic (exact) mass is 353 g/mol. The van der Waals surface area contributed by atoms with Crippen LogP contribution >= 0.6 is 11.3 Å². The van der Waals surface area contributed by atoms with Crippen LogP contribution in [0.15, 0.2) is 42.5 Å². The second-order valence-corrected chi connectivity index (χ2v) is 7.38. The Morgan fingerprint density at radius 1 is 1.36 bits per heavy atom. The van der Waals surface area contributed by atoms with Crippen molar-refractivity contribution in [2.75, 3.05) is 13.2 Å². The number of hydrogen-bond donors (Lipinski definition) is 2. The summed E-state index contributed by atoms with van der Waals surface area (Å²) in [5.41, 5.74) is 3.71. The molecule has 0 fully saturated rings. The first kappa shape index (κ1) is 16.1. The van der Waals surface area contributed by atoms with E-state index in [4.69, 9.17) is 4.74 Å². The summed E-state index contributed by atoms with van der Waals surface area (Å²) >= 11 is 1.67. The molecule has 3 aromatic rings. The number of H-pyrrole nitrogens is 1. The van der Waals surface area contributed by atoms with Crippen LogP contribution in [0.5, 0.6) is 0 Å². The van der Waals surface area contributed by atoms with Gasteiger partial charge in [0.25, 0.3) is 5.91 Å². The Kier molecular flexibility index (Phi) is 4.38. The standard InChI is InChI=1S/C19H19N3O2S/c1-12-6-7-18(25-12)15-10-16(22-21-15)19(23)20-11-17-14-5-3-2-4-13(14)8-9-24-17/h2-7,10,17H,8-9,11H2,1H3,(H,20,23)(H,21,22)/t17-/m0/s1. The van der Waals surface area contributed by atoms with E-state index < -0.39 is 0 Å². The van der Waals surface area contributed by atoms with E-state index in [2.05, 4.69) is 40.6 Å². The predicted octanol–water partition coefficient (Wildman–Crippen LogP) is 3.49. The number of hydrogen-bond acceptors (Lipinski definition) is 4. The summed E-state index contributed by atoms with van der Waals surface area (Å²) in [6, 6.07) is 14.1. The number of nitrogens with one attached hydrogen (secondary N) is 2. The zero-order chi connectivity index (χ0) is 17.2. The average Bonchev–Trinajstić information content (AvgIpc) is 3.28. The van der Waals surface area contributed by atoms with Gasteiger partial charge in [-0.25, -0.2) is 0 Å². The van der Waals surface area contributed by atoms with Gasteiger partial charge in [0.1, 0.15) is 6.10 Å². The van der Waals surface area contributed by atoms with Gasteiger partial charge in [0.15, 0.2) is 5.69 Å². The van der Waals surface area contributed by atoms with Crippen LogP contribution in [0.3, 0.4) is 0 Å². The number of amides is 1. The molecular weight excluding hydrogens is 334 g/mol. The van der Waals surface area contributed by atoms with Crippen molar-refractivity contribution in [3.8, 4) is 10.6 Å². The van der Waals surface area contributed by atoms with E-state index in [1.807, 2.05) is 18.2 Å². The summed E-state index contributed by atoms with van der Waals surface area (Å²) in [5, 5.41) is 10.0. The third-order valence-corrected chi connectivity index (χ3v) is 5.39. The van der Waals surface area contributed by atoms with E-state index >= 15 is 0 Å². The highest BCUT2D eigenvalue weighted by Gasteiger charge is 2.21. The molecule has 0 saturated carbocycles. The quantitative estimate of drug-likeness (QED) is 0.754. The van der Waals surface area contributed by atoms with E-state index in [-0.39, 0.29) is 12.0 Å².